The predicted molar refractivity (Wildman–Crippen MR) is 105 cm³/mol. The normalized spacial score (nSPS) is 17.9. The number of rotatable bonds is 8. The molecular weight excluding hydrogens is 381 g/mol. The van der Waals surface area contributed by atoms with Crippen molar-refractivity contribution in [3.8, 4) is 0 Å². The molecule has 1 unspecified atom stereocenters. The summed E-state index contributed by atoms with van der Waals surface area (Å²) in [4.78, 5) is 24.5. The zero-order valence-electron chi connectivity index (χ0n) is 14.3. The highest BCUT2D eigenvalue weighted by Gasteiger charge is 2.51. The third-order valence-electron chi connectivity index (χ3n) is 3.62. The number of hydrogen-bond donors (Lipinski definition) is 3. The number of nitrogens with one attached hydrogen (secondary N) is 3. The van der Waals surface area contributed by atoms with Crippen LogP contribution in [0, 0.1) is 5.92 Å². The fourth-order valence-corrected chi connectivity index (χ4v) is 4.13. The summed E-state index contributed by atoms with van der Waals surface area (Å²) in [6.45, 7) is 4.07. The Bertz CT molecular complexity index is 626. The fourth-order valence-electron chi connectivity index (χ4n) is 2.19. The van der Waals surface area contributed by atoms with Gasteiger partial charge in [0.15, 0.2) is 0 Å². The first-order valence-corrected chi connectivity index (χ1v) is 9.96. The van der Waals surface area contributed by atoms with Crippen molar-refractivity contribution in [1.29, 1.82) is 0 Å². The number of halogens is 2. The number of amides is 3. The van der Waals surface area contributed by atoms with Gasteiger partial charge in [0, 0.05) is 35.6 Å². The van der Waals surface area contributed by atoms with E-state index in [1.54, 1.807) is 11.8 Å². The summed E-state index contributed by atoms with van der Waals surface area (Å²) in [5.41, 5.74) is 0.729. The molecule has 0 radical (unpaired) electrons. The predicted octanol–water partition coefficient (Wildman–Crippen LogP) is 4.01. The SMILES string of the molecule is CC(C)NC(=O)CCNC(=O)Nc1ccccc1SCC1CC1(Cl)Cl. The van der Waals surface area contributed by atoms with Gasteiger partial charge in [-0.15, -0.1) is 35.0 Å². The summed E-state index contributed by atoms with van der Waals surface area (Å²) in [7, 11) is 0. The Hall–Kier alpha value is -1.11. The van der Waals surface area contributed by atoms with Gasteiger partial charge in [-0.2, -0.15) is 0 Å². The van der Waals surface area contributed by atoms with Crippen molar-refractivity contribution in [2.75, 3.05) is 17.6 Å². The highest BCUT2D eigenvalue weighted by Crippen LogP contribution is 2.55. The topological polar surface area (TPSA) is 70.2 Å². The molecule has 1 aliphatic carbocycles. The third kappa shape index (κ3) is 6.96. The lowest BCUT2D eigenvalue weighted by Crippen LogP contribution is -2.35. The first-order chi connectivity index (χ1) is 11.8. The van der Waals surface area contributed by atoms with E-state index in [0.29, 0.717) is 0 Å². The Kier molecular flexibility index (Phi) is 7.28. The zero-order valence-corrected chi connectivity index (χ0v) is 16.6. The Balaban J connectivity index is 1.77. The summed E-state index contributed by atoms with van der Waals surface area (Å²) in [5, 5.41) is 8.29. The Morgan fingerprint density at radius 2 is 2.00 bits per heavy atom. The molecule has 0 spiro atoms. The second-order valence-corrected chi connectivity index (χ2v) is 8.93. The molecule has 138 valence electrons. The van der Waals surface area contributed by atoms with E-state index < -0.39 is 4.33 Å². The van der Waals surface area contributed by atoms with E-state index in [1.807, 2.05) is 38.1 Å². The van der Waals surface area contributed by atoms with Gasteiger partial charge in [-0.3, -0.25) is 4.79 Å². The average molecular weight is 404 g/mol. The maximum Gasteiger partial charge on any atom is 0.319 e. The molecule has 0 saturated heterocycles. The Labute approximate surface area is 162 Å². The maximum absolute atomic E-state index is 12.0. The molecule has 0 heterocycles. The number of carbonyl (C=O) groups excluding carboxylic acids is 2. The second kappa shape index (κ2) is 9.01. The third-order valence-corrected chi connectivity index (χ3v) is 5.78. The first-order valence-electron chi connectivity index (χ1n) is 8.22. The largest absolute Gasteiger partial charge is 0.354 e. The molecule has 5 nitrogen and oxygen atoms in total. The lowest BCUT2D eigenvalue weighted by molar-refractivity contribution is -0.121. The standard InChI is InChI=1S/C17H23Cl2N3O2S/c1-11(2)21-15(23)7-8-20-16(24)22-13-5-3-4-6-14(13)25-10-12-9-17(12,18)19/h3-6,11-12H,7-10H2,1-2H3,(H,21,23)(H2,20,22,24). The lowest BCUT2D eigenvalue weighted by atomic mass is 10.3. The van der Waals surface area contributed by atoms with Crippen molar-refractivity contribution >= 4 is 52.6 Å². The van der Waals surface area contributed by atoms with E-state index >= 15 is 0 Å². The molecule has 1 aromatic rings. The molecule has 0 bridgehead atoms. The summed E-state index contributed by atoms with van der Waals surface area (Å²) >= 11 is 13.7. The van der Waals surface area contributed by atoms with Crippen LogP contribution in [0.4, 0.5) is 10.5 Å². The van der Waals surface area contributed by atoms with Crippen LogP contribution < -0.4 is 16.0 Å². The van der Waals surface area contributed by atoms with Crippen molar-refractivity contribution in [3.63, 3.8) is 0 Å². The van der Waals surface area contributed by atoms with E-state index in [0.717, 1.165) is 22.8 Å². The smallest absolute Gasteiger partial charge is 0.319 e. The molecular formula is C17H23Cl2N3O2S. The van der Waals surface area contributed by atoms with Crippen LogP contribution in [-0.2, 0) is 4.79 Å². The number of carbonyl (C=O) groups is 2. The van der Waals surface area contributed by atoms with Crippen LogP contribution in [0.2, 0.25) is 0 Å². The monoisotopic (exact) mass is 403 g/mol. The van der Waals surface area contributed by atoms with Crippen molar-refractivity contribution in [3.05, 3.63) is 24.3 Å². The number of urea groups is 1. The minimum Gasteiger partial charge on any atom is -0.354 e. The van der Waals surface area contributed by atoms with Crippen LogP contribution in [0.15, 0.2) is 29.2 Å². The summed E-state index contributed by atoms with van der Waals surface area (Å²) in [5.74, 6) is 1.01. The molecule has 1 aromatic carbocycles. The summed E-state index contributed by atoms with van der Waals surface area (Å²) in [6, 6.07) is 7.33. The van der Waals surface area contributed by atoms with Gasteiger partial charge >= 0.3 is 6.03 Å². The van der Waals surface area contributed by atoms with Crippen LogP contribution in [0.5, 0.6) is 0 Å². The van der Waals surface area contributed by atoms with Gasteiger partial charge in [-0.1, -0.05) is 12.1 Å². The Morgan fingerprint density at radius 3 is 2.64 bits per heavy atom. The molecule has 2 rings (SSSR count). The number of alkyl halides is 2. The van der Waals surface area contributed by atoms with Crippen LogP contribution >= 0.6 is 35.0 Å². The summed E-state index contributed by atoms with van der Waals surface area (Å²) < 4.78 is -0.594. The van der Waals surface area contributed by atoms with Crippen molar-refractivity contribution in [2.24, 2.45) is 5.92 Å². The number of hydrogen-bond acceptors (Lipinski definition) is 3. The van der Waals surface area contributed by atoms with Crippen molar-refractivity contribution < 1.29 is 9.59 Å². The van der Waals surface area contributed by atoms with Crippen LogP contribution in [-0.4, -0.2) is 34.6 Å². The van der Waals surface area contributed by atoms with Gasteiger partial charge < -0.3 is 16.0 Å². The molecule has 0 aromatic heterocycles. The number of thioether (sulfide) groups is 1. The van der Waals surface area contributed by atoms with Crippen LogP contribution in [0.25, 0.3) is 0 Å². The highest BCUT2D eigenvalue weighted by atomic mass is 35.5. The van der Waals surface area contributed by atoms with E-state index in [9.17, 15) is 9.59 Å². The van der Waals surface area contributed by atoms with E-state index in [-0.39, 0.29) is 36.9 Å². The van der Waals surface area contributed by atoms with Gasteiger partial charge in [0.2, 0.25) is 5.91 Å². The van der Waals surface area contributed by atoms with Crippen LogP contribution in [0.3, 0.4) is 0 Å². The van der Waals surface area contributed by atoms with Crippen LogP contribution in [0.1, 0.15) is 26.7 Å². The highest BCUT2D eigenvalue weighted by molar-refractivity contribution is 7.99. The van der Waals surface area contributed by atoms with E-state index in [2.05, 4.69) is 16.0 Å². The molecule has 1 fully saturated rings. The molecule has 1 aliphatic rings. The van der Waals surface area contributed by atoms with Crippen molar-refractivity contribution in [2.45, 2.75) is 42.0 Å². The molecule has 25 heavy (non-hydrogen) atoms. The van der Waals surface area contributed by atoms with Gasteiger partial charge in [0.05, 0.1) is 5.69 Å². The lowest BCUT2D eigenvalue weighted by Gasteiger charge is -2.12. The summed E-state index contributed by atoms with van der Waals surface area (Å²) in [6.07, 6.45) is 1.05. The van der Waals surface area contributed by atoms with Crippen molar-refractivity contribution in [1.82, 2.24) is 10.6 Å². The average Bonchev–Trinajstić information content (AvgIpc) is 3.12. The minimum absolute atomic E-state index is 0.0821. The van der Waals surface area contributed by atoms with Gasteiger partial charge in [0.1, 0.15) is 4.33 Å². The minimum atomic E-state index is -0.594. The molecule has 1 atom stereocenters. The molecule has 3 N–H and O–H groups in total. The first kappa shape index (κ1) is 20.2. The molecule has 1 saturated carbocycles. The van der Waals surface area contributed by atoms with Gasteiger partial charge in [-0.25, -0.2) is 4.79 Å². The van der Waals surface area contributed by atoms with E-state index in [4.69, 9.17) is 23.2 Å². The number of anilines is 1. The number of para-hydroxylation sites is 1. The molecule has 0 aliphatic heterocycles. The Morgan fingerprint density at radius 1 is 1.32 bits per heavy atom. The van der Waals surface area contributed by atoms with Gasteiger partial charge in [0.25, 0.3) is 0 Å². The maximum atomic E-state index is 12.0. The molecule has 8 heteroatoms. The quantitative estimate of drug-likeness (QED) is 0.453. The second-order valence-electron chi connectivity index (χ2n) is 6.32. The number of benzene rings is 1. The zero-order chi connectivity index (χ0) is 18.4. The molecule has 3 amide bonds. The van der Waals surface area contributed by atoms with Gasteiger partial charge in [-0.05, 0) is 32.4 Å². The van der Waals surface area contributed by atoms with E-state index in [1.165, 1.54) is 0 Å². The fraction of sp³-hybridized carbons (Fsp3) is 0.529.